The normalized spacial score (nSPS) is 11.2. The van der Waals surface area contributed by atoms with Gasteiger partial charge in [0.25, 0.3) is 0 Å². The van der Waals surface area contributed by atoms with Crippen molar-refractivity contribution in [2.24, 2.45) is 0 Å². The van der Waals surface area contributed by atoms with Gasteiger partial charge in [-0.3, -0.25) is 19.9 Å². The van der Waals surface area contributed by atoms with Gasteiger partial charge in [0.05, 0.1) is 22.1 Å². The van der Waals surface area contributed by atoms with Crippen molar-refractivity contribution in [3.8, 4) is 11.1 Å². The van der Waals surface area contributed by atoms with Crippen molar-refractivity contribution in [2.75, 3.05) is 0 Å². The summed E-state index contributed by atoms with van der Waals surface area (Å²) in [5.41, 5.74) is 7.98. The predicted octanol–water partition coefficient (Wildman–Crippen LogP) is 3.86. The third-order valence-corrected chi connectivity index (χ3v) is 3.94. The zero-order chi connectivity index (χ0) is 15.1. The molecule has 4 aromatic rings. The first-order chi connectivity index (χ1) is 10.8. The van der Waals surface area contributed by atoms with Crippen LogP contribution < -0.4 is 0 Å². The van der Waals surface area contributed by atoms with E-state index in [1.165, 1.54) is 0 Å². The number of hydrogen-bond acceptors (Lipinski definition) is 4. The first-order valence-corrected chi connectivity index (χ1v) is 7.17. The molecule has 2 aromatic carbocycles. The van der Waals surface area contributed by atoms with Crippen molar-refractivity contribution in [1.29, 1.82) is 0 Å². The van der Waals surface area contributed by atoms with Gasteiger partial charge in [0.1, 0.15) is 0 Å². The molecule has 0 fully saturated rings. The molecule has 0 spiro atoms. The number of aryl methyl sites for hydroxylation is 2. The molecule has 0 radical (unpaired) electrons. The fraction of sp³-hybridized carbons (Fsp3) is 0.111. The largest absolute Gasteiger partial charge is 0.253 e. The summed E-state index contributed by atoms with van der Waals surface area (Å²) in [5.74, 6) is 0. The summed E-state index contributed by atoms with van der Waals surface area (Å²) in [4.78, 5) is 18.0. The highest BCUT2D eigenvalue weighted by atomic mass is 14.8. The lowest BCUT2D eigenvalue weighted by Gasteiger charge is -2.10. The summed E-state index contributed by atoms with van der Waals surface area (Å²) in [5, 5.41) is 0. The second-order valence-electron chi connectivity index (χ2n) is 5.37. The van der Waals surface area contributed by atoms with Crippen LogP contribution in [-0.4, -0.2) is 19.9 Å². The monoisotopic (exact) mass is 286 g/mol. The number of aromatic nitrogens is 4. The molecule has 0 aliphatic heterocycles. The molecule has 0 atom stereocenters. The number of fused-ring (bicyclic) bond motifs is 2. The van der Waals surface area contributed by atoms with E-state index in [4.69, 9.17) is 0 Å². The minimum absolute atomic E-state index is 0.901. The first-order valence-electron chi connectivity index (χ1n) is 7.17. The van der Waals surface area contributed by atoms with E-state index in [-0.39, 0.29) is 0 Å². The Morgan fingerprint density at radius 2 is 0.864 bits per heavy atom. The van der Waals surface area contributed by atoms with Gasteiger partial charge in [0, 0.05) is 35.9 Å². The average molecular weight is 286 g/mol. The Kier molecular flexibility index (Phi) is 2.82. The second-order valence-corrected chi connectivity index (χ2v) is 5.37. The van der Waals surface area contributed by atoms with E-state index in [0.717, 1.165) is 44.3 Å². The maximum Gasteiger partial charge on any atom is 0.0968 e. The van der Waals surface area contributed by atoms with Crippen LogP contribution in [-0.2, 0) is 0 Å². The lowest BCUT2D eigenvalue weighted by Crippen LogP contribution is -1.93. The van der Waals surface area contributed by atoms with E-state index in [9.17, 15) is 0 Å². The van der Waals surface area contributed by atoms with Gasteiger partial charge in [-0.1, -0.05) is 24.3 Å². The fourth-order valence-corrected chi connectivity index (χ4v) is 2.81. The van der Waals surface area contributed by atoms with Gasteiger partial charge in [-0.2, -0.15) is 0 Å². The van der Waals surface area contributed by atoms with E-state index < -0.39 is 0 Å². The smallest absolute Gasteiger partial charge is 0.0968 e. The average Bonchev–Trinajstić information content (AvgIpc) is 2.57. The minimum Gasteiger partial charge on any atom is -0.253 e. The maximum absolute atomic E-state index is 4.54. The highest BCUT2D eigenvalue weighted by Gasteiger charge is 2.12. The van der Waals surface area contributed by atoms with Crippen molar-refractivity contribution in [3.63, 3.8) is 0 Å². The van der Waals surface area contributed by atoms with Gasteiger partial charge in [-0.15, -0.1) is 0 Å². The Morgan fingerprint density at radius 1 is 0.500 bits per heavy atom. The Hall–Kier alpha value is -2.88. The van der Waals surface area contributed by atoms with Gasteiger partial charge in [0.15, 0.2) is 0 Å². The standard InChI is InChI=1S/C18H14N4/c1-11-3-5-13(17-15(11)19-7-9-21-17)14-6-4-12(2)16-18(14)22-10-8-20-16/h3-10H,1-2H3. The molecule has 4 rings (SSSR count). The zero-order valence-electron chi connectivity index (χ0n) is 12.4. The molecule has 0 aliphatic carbocycles. The Labute approximate surface area is 127 Å². The maximum atomic E-state index is 4.54. The summed E-state index contributed by atoms with van der Waals surface area (Å²) < 4.78 is 0. The summed E-state index contributed by atoms with van der Waals surface area (Å²) in [6.07, 6.45) is 6.92. The minimum atomic E-state index is 0.901. The molecule has 0 bridgehead atoms. The van der Waals surface area contributed by atoms with Crippen LogP contribution in [0.25, 0.3) is 33.2 Å². The van der Waals surface area contributed by atoms with Crippen molar-refractivity contribution >= 4 is 22.1 Å². The van der Waals surface area contributed by atoms with Crippen LogP contribution in [0.15, 0.2) is 49.1 Å². The van der Waals surface area contributed by atoms with E-state index in [1.54, 1.807) is 24.8 Å². The topological polar surface area (TPSA) is 51.6 Å². The van der Waals surface area contributed by atoms with E-state index in [0.29, 0.717) is 0 Å². The van der Waals surface area contributed by atoms with Crippen LogP contribution in [0.1, 0.15) is 11.1 Å². The number of benzene rings is 2. The Morgan fingerprint density at radius 3 is 1.27 bits per heavy atom. The molecule has 2 heterocycles. The molecule has 0 saturated heterocycles. The van der Waals surface area contributed by atoms with Crippen molar-refractivity contribution in [1.82, 2.24) is 19.9 Å². The van der Waals surface area contributed by atoms with Gasteiger partial charge < -0.3 is 0 Å². The number of rotatable bonds is 1. The molecule has 0 aliphatic rings. The molecule has 2 aromatic heterocycles. The third-order valence-electron chi connectivity index (χ3n) is 3.94. The van der Waals surface area contributed by atoms with Gasteiger partial charge in [-0.25, -0.2) is 0 Å². The molecular weight excluding hydrogens is 272 g/mol. The molecule has 4 nitrogen and oxygen atoms in total. The first kappa shape index (κ1) is 12.8. The van der Waals surface area contributed by atoms with Crippen LogP contribution in [0, 0.1) is 13.8 Å². The quantitative estimate of drug-likeness (QED) is 0.533. The summed E-state index contributed by atoms with van der Waals surface area (Å²) in [7, 11) is 0. The van der Waals surface area contributed by atoms with Crippen molar-refractivity contribution < 1.29 is 0 Å². The van der Waals surface area contributed by atoms with Crippen molar-refractivity contribution in [2.45, 2.75) is 13.8 Å². The number of hydrogen-bond donors (Lipinski definition) is 0. The van der Waals surface area contributed by atoms with E-state index in [1.807, 2.05) is 13.8 Å². The summed E-state index contributed by atoms with van der Waals surface area (Å²) >= 11 is 0. The molecule has 22 heavy (non-hydrogen) atoms. The van der Waals surface area contributed by atoms with Crippen molar-refractivity contribution in [3.05, 3.63) is 60.2 Å². The third kappa shape index (κ3) is 1.84. The molecule has 106 valence electrons. The highest BCUT2D eigenvalue weighted by molar-refractivity contribution is 6.01. The molecule has 0 amide bonds. The molecular formula is C18H14N4. The van der Waals surface area contributed by atoms with Crippen LogP contribution >= 0.6 is 0 Å². The van der Waals surface area contributed by atoms with Crippen LogP contribution in [0.4, 0.5) is 0 Å². The van der Waals surface area contributed by atoms with Crippen LogP contribution in [0.3, 0.4) is 0 Å². The fourth-order valence-electron chi connectivity index (χ4n) is 2.81. The van der Waals surface area contributed by atoms with Gasteiger partial charge in [-0.05, 0) is 25.0 Å². The highest BCUT2D eigenvalue weighted by Crippen LogP contribution is 2.32. The second kappa shape index (κ2) is 4.84. The summed E-state index contributed by atoms with van der Waals surface area (Å²) in [6, 6.07) is 8.33. The molecule has 0 unspecified atom stereocenters. The Balaban J connectivity index is 2.13. The van der Waals surface area contributed by atoms with Crippen LogP contribution in [0.2, 0.25) is 0 Å². The Bertz CT molecular complexity index is 925. The molecule has 0 saturated carbocycles. The number of nitrogens with zero attached hydrogens (tertiary/aromatic N) is 4. The zero-order valence-corrected chi connectivity index (χ0v) is 12.4. The van der Waals surface area contributed by atoms with Gasteiger partial charge >= 0.3 is 0 Å². The van der Waals surface area contributed by atoms with Crippen LogP contribution in [0.5, 0.6) is 0 Å². The van der Waals surface area contributed by atoms with Gasteiger partial charge in [0.2, 0.25) is 0 Å². The predicted molar refractivity (Wildman–Crippen MR) is 87.5 cm³/mol. The summed E-state index contributed by atoms with van der Waals surface area (Å²) in [6.45, 7) is 4.10. The lowest BCUT2D eigenvalue weighted by molar-refractivity contribution is 1.26. The van der Waals surface area contributed by atoms with E-state index >= 15 is 0 Å². The lowest BCUT2D eigenvalue weighted by atomic mass is 9.98. The molecule has 0 N–H and O–H groups in total. The van der Waals surface area contributed by atoms with E-state index in [2.05, 4.69) is 44.2 Å². The molecule has 4 heteroatoms. The SMILES string of the molecule is Cc1ccc(-c2ccc(C)c3nccnc23)c2nccnc12.